The van der Waals surface area contributed by atoms with Crippen molar-refractivity contribution in [1.82, 2.24) is 9.55 Å². The monoisotopic (exact) mass is 433 g/mol. The number of aryl methyl sites for hydroxylation is 2. The minimum Gasteiger partial charge on any atom is -0.401 e. The molecule has 0 fully saturated rings. The third-order valence-corrected chi connectivity index (χ3v) is 6.70. The minimum absolute atomic E-state index is 0.00459. The molecule has 0 atom stereocenters. The zero-order valence-corrected chi connectivity index (χ0v) is 17.4. The van der Waals surface area contributed by atoms with Crippen LogP contribution in [0.4, 0.5) is 5.88 Å². The topological polar surface area (TPSA) is 100 Å². The van der Waals surface area contributed by atoms with Crippen molar-refractivity contribution in [2.45, 2.75) is 37.4 Å². The molecule has 0 saturated heterocycles. The fourth-order valence-corrected chi connectivity index (χ4v) is 5.48. The fourth-order valence-electron chi connectivity index (χ4n) is 3.40. The number of aromatic nitrogens is 2. The summed E-state index contributed by atoms with van der Waals surface area (Å²) in [6.07, 6.45) is 5.38. The maximum atomic E-state index is 13.2. The minimum atomic E-state index is -0.580. The molecule has 3 heterocycles. The van der Waals surface area contributed by atoms with Gasteiger partial charge in [-0.25, -0.2) is 4.98 Å². The second kappa shape index (κ2) is 8.52. The van der Waals surface area contributed by atoms with Crippen LogP contribution in [-0.4, -0.2) is 28.2 Å². The Kier molecular flexibility index (Phi) is 5.84. The van der Waals surface area contributed by atoms with E-state index in [1.807, 2.05) is 0 Å². The highest BCUT2D eigenvalue weighted by molar-refractivity contribution is 8.02. The van der Waals surface area contributed by atoms with Crippen LogP contribution in [-0.2, 0) is 24.1 Å². The molecular formula is C19H19N3O5S2. The van der Waals surface area contributed by atoms with Gasteiger partial charge in [-0.05, 0) is 48.8 Å². The lowest BCUT2D eigenvalue weighted by Gasteiger charge is -2.10. The number of methoxy groups -OCH3 is 1. The molecule has 0 aromatic carbocycles. The van der Waals surface area contributed by atoms with E-state index < -0.39 is 4.92 Å². The van der Waals surface area contributed by atoms with E-state index in [-0.39, 0.29) is 11.4 Å². The number of hydrogen-bond donors (Lipinski definition) is 0. The molecule has 1 aliphatic carbocycles. The molecule has 3 aromatic heterocycles. The van der Waals surface area contributed by atoms with Gasteiger partial charge in [-0.3, -0.25) is 19.5 Å². The molecule has 29 heavy (non-hydrogen) atoms. The molecule has 0 N–H and O–H groups in total. The number of nitro groups is 1. The van der Waals surface area contributed by atoms with Gasteiger partial charge in [0.15, 0.2) is 5.16 Å². The highest BCUT2D eigenvalue weighted by atomic mass is 32.2. The highest BCUT2D eigenvalue weighted by Crippen LogP contribution is 2.35. The van der Waals surface area contributed by atoms with Crippen LogP contribution in [0.15, 0.2) is 31.9 Å². The molecule has 4 rings (SSSR count). The Morgan fingerprint density at radius 1 is 1.45 bits per heavy atom. The van der Waals surface area contributed by atoms with Crippen LogP contribution < -0.4 is 5.56 Å². The predicted molar refractivity (Wildman–Crippen MR) is 113 cm³/mol. The number of rotatable bonds is 8. The molecule has 0 radical (unpaired) electrons. The van der Waals surface area contributed by atoms with Crippen LogP contribution in [0, 0.1) is 10.1 Å². The number of thioether (sulfide) groups is 1. The predicted octanol–water partition coefficient (Wildman–Crippen LogP) is 4.25. The first-order valence-electron chi connectivity index (χ1n) is 9.20. The molecular weight excluding hydrogens is 414 g/mol. The molecule has 0 spiro atoms. The number of furan rings is 1. The Hall–Kier alpha value is -2.43. The highest BCUT2D eigenvalue weighted by Gasteiger charge is 2.23. The molecule has 0 unspecified atom stereocenters. The van der Waals surface area contributed by atoms with Crippen molar-refractivity contribution >= 4 is 45.3 Å². The zero-order valence-electron chi connectivity index (χ0n) is 15.8. The first kappa shape index (κ1) is 19.9. The maximum Gasteiger partial charge on any atom is 0.433 e. The summed E-state index contributed by atoms with van der Waals surface area (Å²) in [6.45, 7) is 1.07. The summed E-state index contributed by atoms with van der Waals surface area (Å²) in [4.78, 5) is 30.2. The standard InChI is InChI=1S/C19H19N3O5S2/c1-26-10-3-9-21-18(23)16-13-4-2-5-14(13)29-17(16)20-19(21)28-11-8-12-6-7-15(27-12)22(24)25/h6-8,11H,2-5,9-10H2,1H3/b11-8+. The smallest absolute Gasteiger partial charge is 0.401 e. The van der Waals surface area contributed by atoms with Crippen LogP contribution in [0.3, 0.4) is 0 Å². The Bertz CT molecular complexity index is 1140. The third kappa shape index (κ3) is 4.00. The van der Waals surface area contributed by atoms with Gasteiger partial charge in [0.1, 0.15) is 15.5 Å². The largest absolute Gasteiger partial charge is 0.433 e. The van der Waals surface area contributed by atoms with Gasteiger partial charge in [0.2, 0.25) is 0 Å². The molecule has 1 aliphatic rings. The van der Waals surface area contributed by atoms with E-state index in [0.717, 1.165) is 35.0 Å². The molecule has 8 nitrogen and oxygen atoms in total. The Morgan fingerprint density at radius 3 is 3.07 bits per heavy atom. The zero-order chi connectivity index (χ0) is 20.4. The van der Waals surface area contributed by atoms with Gasteiger partial charge in [0.25, 0.3) is 5.56 Å². The van der Waals surface area contributed by atoms with E-state index in [4.69, 9.17) is 14.1 Å². The van der Waals surface area contributed by atoms with Crippen LogP contribution >= 0.6 is 23.1 Å². The van der Waals surface area contributed by atoms with Gasteiger partial charge in [0.05, 0.1) is 11.5 Å². The third-order valence-electron chi connectivity index (χ3n) is 4.72. The number of nitrogens with zero attached hydrogens (tertiary/aromatic N) is 3. The first-order chi connectivity index (χ1) is 14.1. The maximum absolute atomic E-state index is 13.2. The van der Waals surface area contributed by atoms with E-state index in [1.165, 1.54) is 28.8 Å². The molecule has 10 heteroatoms. The molecule has 0 saturated carbocycles. The number of thiophene rings is 1. The van der Waals surface area contributed by atoms with Crippen molar-refractivity contribution in [2.24, 2.45) is 0 Å². The number of fused-ring (bicyclic) bond motifs is 3. The van der Waals surface area contributed by atoms with Gasteiger partial charge in [-0.15, -0.1) is 11.3 Å². The average Bonchev–Trinajstić information content (AvgIpc) is 3.39. The molecule has 3 aromatic rings. The summed E-state index contributed by atoms with van der Waals surface area (Å²) in [7, 11) is 1.64. The van der Waals surface area contributed by atoms with Crippen LogP contribution in [0.25, 0.3) is 16.3 Å². The van der Waals surface area contributed by atoms with E-state index in [0.29, 0.717) is 30.5 Å². The van der Waals surface area contributed by atoms with E-state index in [9.17, 15) is 14.9 Å². The van der Waals surface area contributed by atoms with Crippen molar-refractivity contribution in [2.75, 3.05) is 13.7 Å². The summed E-state index contributed by atoms with van der Waals surface area (Å²) < 4.78 is 12.0. The first-order valence-corrected chi connectivity index (χ1v) is 10.9. The van der Waals surface area contributed by atoms with Crippen molar-refractivity contribution in [3.63, 3.8) is 0 Å². The lowest BCUT2D eigenvalue weighted by molar-refractivity contribution is -0.402. The molecule has 152 valence electrons. The Labute approximate surface area is 174 Å². The van der Waals surface area contributed by atoms with Crippen molar-refractivity contribution in [3.05, 3.63) is 54.2 Å². The van der Waals surface area contributed by atoms with Crippen molar-refractivity contribution in [3.8, 4) is 0 Å². The number of ether oxygens (including phenoxy) is 1. The second-order valence-electron chi connectivity index (χ2n) is 6.59. The second-order valence-corrected chi connectivity index (χ2v) is 8.55. The summed E-state index contributed by atoms with van der Waals surface area (Å²) in [5.41, 5.74) is 1.16. The van der Waals surface area contributed by atoms with Crippen molar-refractivity contribution < 1.29 is 14.1 Å². The normalized spacial score (nSPS) is 13.6. The summed E-state index contributed by atoms with van der Waals surface area (Å²) in [5, 5.41) is 13.8. The van der Waals surface area contributed by atoms with E-state index in [2.05, 4.69) is 0 Å². The summed E-state index contributed by atoms with van der Waals surface area (Å²) in [6, 6.07) is 2.84. The van der Waals surface area contributed by atoms with E-state index >= 15 is 0 Å². The van der Waals surface area contributed by atoms with Gasteiger partial charge >= 0.3 is 5.88 Å². The quantitative estimate of drug-likeness (QED) is 0.172. The summed E-state index contributed by atoms with van der Waals surface area (Å²) >= 11 is 2.90. The van der Waals surface area contributed by atoms with Gasteiger partial charge < -0.3 is 9.15 Å². The average molecular weight is 434 g/mol. The van der Waals surface area contributed by atoms with Crippen molar-refractivity contribution in [1.29, 1.82) is 0 Å². The van der Waals surface area contributed by atoms with Crippen LogP contribution in [0.1, 0.15) is 29.0 Å². The van der Waals surface area contributed by atoms with Crippen LogP contribution in [0.5, 0.6) is 0 Å². The molecule has 0 amide bonds. The number of hydrogen-bond acceptors (Lipinski definition) is 8. The lowest BCUT2D eigenvalue weighted by atomic mass is 10.2. The van der Waals surface area contributed by atoms with Crippen LogP contribution in [0.2, 0.25) is 0 Å². The van der Waals surface area contributed by atoms with Gasteiger partial charge in [-0.2, -0.15) is 0 Å². The Balaban J connectivity index is 1.66. The van der Waals surface area contributed by atoms with Gasteiger partial charge in [-0.1, -0.05) is 11.8 Å². The Morgan fingerprint density at radius 2 is 2.31 bits per heavy atom. The summed E-state index contributed by atoms with van der Waals surface area (Å²) in [5.74, 6) is 0.0624. The van der Waals surface area contributed by atoms with E-state index in [1.54, 1.807) is 34.5 Å². The molecule has 0 bridgehead atoms. The van der Waals surface area contributed by atoms with Gasteiger partial charge in [0, 0.05) is 25.1 Å². The SMILES string of the molecule is COCCCn1c(S/C=C/c2ccc([N+](=O)[O-])o2)nc2sc3c(c2c1=O)CCC3. The fraction of sp³-hybridized carbons (Fsp3) is 0.368. The lowest BCUT2D eigenvalue weighted by Crippen LogP contribution is -2.24. The molecule has 0 aliphatic heterocycles.